The molecular weight excluding hydrogens is 374 g/mol. The fourth-order valence-electron chi connectivity index (χ4n) is 4.18. The van der Waals surface area contributed by atoms with Crippen LogP contribution in [-0.4, -0.2) is 33.4 Å². The van der Waals surface area contributed by atoms with Gasteiger partial charge in [-0.1, -0.05) is 38.1 Å². The summed E-state index contributed by atoms with van der Waals surface area (Å²) in [4.78, 5) is 19.7. The number of para-hydroxylation sites is 2. The molecule has 1 aromatic heterocycles. The van der Waals surface area contributed by atoms with Crippen molar-refractivity contribution in [2.75, 3.05) is 13.1 Å². The molecule has 1 amide bonds. The van der Waals surface area contributed by atoms with Gasteiger partial charge in [0.05, 0.1) is 11.0 Å². The van der Waals surface area contributed by atoms with Gasteiger partial charge in [0.2, 0.25) is 5.91 Å². The van der Waals surface area contributed by atoms with Gasteiger partial charge >= 0.3 is 0 Å². The molecule has 1 saturated heterocycles. The molecular formula is C25H31N3O2. The summed E-state index contributed by atoms with van der Waals surface area (Å²) in [5.41, 5.74) is 4.24. The van der Waals surface area contributed by atoms with Gasteiger partial charge in [-0.2, -0.15) is 0 Å². The molecule has 0 spiro atoms. The molecule has 2 heterocycles. The molecule has 4 rings (SSSR count). The van der Waals surface area contributed by atoms with Gasteiger partial charge < -0.3 is 14.2 Å². The van der Waals surface area contributed by atoms with Crippen LogP contribution < -0.4 is 4.74 Å². The number of aromatic nitrogens is 2. The van der Waals surface area contributed by atoms with Crippen LogP contribution in [-0.2, 0) is 17.9 Å². The number of imidazole rings is 1. The van der Waals surface area contributed by atoms with Crippen molar-refractivity contribution in [2.45, 2.75) is 59.1 Å². The highest BCUT2D eigenvalue weighted by atomic mass is 16.5. The summed E-state index contributed by atoms with van der Waals surface area (Å²) in [7, 11) is 0. The zero-order chi connectivity index (χ0) is 21.1. The number of carbonyl (C=O) groups is 1. The Bertz CT molecular complexity index is 1030. The number of carbonyl (C=O) groups excluding carboxylic acids is 1. The summed E-state index contributed by atoms with van der Waals surface area (Å²) in [6.45, 7) is 8.78. The highest BCUT2D eigenvalue weighted by Gasteiger charge is 2.20. The second-order valence-corrected chi connectivity index (χ2v) is 8.53. The maximum atomic E-state index is 13.0. The quantitative estimate of drug-likeness (QED) is 0.576. The lowest BCUT2D eigenvalue weighted by atomic mass is 10.0. The van der Waals surface area contributed by atoms with E-state index in [1.54, 1.807) is 0 Å². The Morgan fingerprint density at radius 2 is 1.87 bits per heavy atom. The maximum absolute atomic E-state index is 13.0. The number of benzene rings is 2. The summed E-state index contributed by atoms with van der Waals surface area (Å²) in [5, 5.41) is 0. The number of rotatable bonds is 6. The molecule has 1 aliphatic heterocycles. The van der Waals surface area contributed by atoms with Crippen molar-refractivity contribution in [3.63, 3.8) is 0 Å². The van der Waals surface area contributed by atoms with Gasteiger partial charge in [-0.25, -0.2) is 4.98 Å². The van der Waals surface area contributed by atoms with Crippen molar-refractivity contribution < 1.29 is 9.53 Å². The van der Waals surface area contributed by atoms with E-state index in [-0.39, 0.29) is 5.91 Å². The zero-order valence-corrected chi connectivity index (χ0v) is 18.2. The number of nitrogens with zero attached hydrogens (tertiary/aromatic N) is 3. The van der Waals surface area contributed by atoms with Gasteiger partial charge in [-0.3, -0.25) is 4.79 Å². The molecule has 0 bridgehead atoms. The first-order valence-corrected chi connectivity index (χ1v) is 11.0. The summed E-state index contributed by atoms with van der Waals surface area (Å²) in [6, 6.07) is 14.3. The highest BCUT2D eigenvalue weighted by molar-refractivity contribution is 5.81. The molecule has 0 aliphatic carbocycles. The smallest absolute Gasteiger partial charge is 0.242 e. The average molecular weight is 406 g/mol. The second-order valence-electron chi connectivity index (χ2n) is 8.53. The van der Waals surface area contributed by atoms with Crippen molar-refractivity contribution >= 4 is 16.9 Å². The number of hydrogen-bond acceptors (Lipinski definition) is 3. The molecule has 5 heteroatoms. The number of likely N-dealkylation sites (tertiary alicyclic amines) is 1. The third-order valence-electron chi connectivity index (χ3n) is 5.88. The molecule has 2 aromatic carbocycles. The van der Waals surface area contributed by atoms with E-state index in [0.717, 1.165) is 48.5 Å². The Hall–Kier alpha value is -2.82. The predicted molar refractivity (Wildman–Crippen MR) is 120 cm³/mol. The van der Waals surface area contributed by atoms with E-state index in [4.69, 9.17) is 9.72 Å². The van der Waals surface area contributed by atoms with E-state index in [0.29, 0.717) is 19.1 Å². The molecule has 0 atom stereocenters. The van der Waals surface area contributed by atoms with E-state index in [1.165, 1.54) is 17.5 Å². The Balaban J connectivity index is 1.60. The standard InChI is InChI=1S/C25H31N3O2/c1-18(2)20-12-11-19(3)15-23(20)30-17-24-26-21-9-5-6-10-22(21)28(24)16-25(29)27-13-7-4-8-14-27/h5-6,9-12,15,18H,4,7-8,13-14,16-17H2,1-3H3. The number of piperidine rings is 1. The van der Waals surface area contributed by atoms with Gasteiger partial charge in [0.15, 0.2) is 0 Å². The van der Waals surface area contributed by atoms with Gasteiger partial charge in [0.1, 0.15) is 24.7 Å². The van der Waals surface area contributed by atoms with E-state index < -0.39 is 0 Å². The van der Waals surface area contributed by atoms with Crippen LogP contribution in [0.2, 0.25) is 0 Å². The molecule has 30 heavy (non-hydrogen) atoms. The van der Waals surface area contributed by atoms with Gasteiger partial charge in [-0.05, 0) is 61.4 Å². The van der Waals surface area contributed by atoms with Gasteiger partial charge in [-0.15, -0.1) is 0 Å². The minimum atomic E-state index is 0.164. The van der Waals surface area contributed by atoms with Gasteiger partial charge in [0, 0.05) is 13.1 Å². The monoisotopic (exact) mass is 405 g/mol. The van der Waals surface area contributed by atoms with E-state index in [9.17, 15) is 4.79 Å². The zero-order valence-electron chi connectivity index (χ0n) is 18.2. The highest BCUT2D eigenvalue weighted by Crippen LogP contribution is 2.28. The minimum Gasteiger partial charge on any atom is -0.485 e. The Labute approximate surface area is 178 Å². The summed E-state index contributed by atoms with van der Waals surface area (Å²) in [6.07, 6.45) is 3.40. The molecule has 0 radical (unpaired) electrons. The average Bonchev–Trinajstić information content (AvgIpc) is 3.10. The van der Waals surface area contributed by atoms with Crippen LogP contribution in [0.5, 0.6) is 5.75 Å². The van der Waals surface area contributed by atoms with E-state index in [1.807, 2.05) is 33.7 Å². The van der Waals surface area contributed by atoms with E-state index in [2.05, 4.69) is 39.0 Å². The summed E-state index contributed by atoms with van der Waals surface area (Å²) < 4.78 is 8.28. The van der Waals surface area contributed by atoms with Crippen molar-refractivity contribution in [1.29, 1.82) is 0 Å². The van der Waals surface area contributed by atoms with Crippen molar-refractivity contribution in [2.24, 2.45) is 0 Å². The van der Waals surface area contributed by atoms with Crippen LogP contribution in [0.1, 0.15) is 56.0 Å². The number of amides is 1. The fraction of sp³-hybridized carbons (Fsp3) is 0.440. The third kappa shape index (κ3) is 4.35. The molecule has 0 N–H and O–H groups in total. The third-order valence-corrected chi connectivity index (χ3v) is 5.88. The summed E-state index contributed by atoms with van der Waals surface area (Å²) >= 11 is 0. The number of ether oxygens (including phenoxy) is 1. The number of fused-ring (bicyclic) bond motifs is 1. The van der Waals surface area contributed by atoms with Crippen LogP contribution >= 0.6 is 0 Å². The SMILES string of the molecule is Cc1ccc(C(C)C)c(OCc2nc3ccccc3n2CC(=O)N2CCCCC2)c1. The lowest BCUT2D eigenvalue weighted by Gasteiger charge is -2.27. The molecule has 0 unspecified atom stereocenters. The van der Waals surface area contributed by atoms with E-state index >= 15 is 0 Å². The summed E-state index contributed by atoms with van der Waals surface area (Å²) in [5.74, 6) is 2.22. The first-order chi connectivity index (χ1) is 14.5. The Kier molecular flexibility index (Phi) is 6.07. The molecule has 158 valence electrons. The van der Waals surface area contributed by atoms with Crippen molar-refractivity contribution in [3.05, 3.63) is 59.4 Å². The van der Waals surface area contributed by atoms with Crippen LogP contribution in [0.25, 0.3) is 11.0 Å². The van der Waals surface area contributed by atoms with Crippen LogP contribution in [0.3, 0.4) is 0 Å². The molecule has 0 saturated carbocycles. The van der Waals surface area contributed by atoms with Crippen LogP contribution in [0.15, 0.2) is 42.5 Å². The van der Waals surface area contributed by atoms with Crippen molar-refractivity contribution in [3.8, 4) is 5.75 Å². The Morgan fingerprint density at radius 1 is 1.10 bits per heavy atom. The number of hydrogen-bond donors (Lipinski definition) is 0. The van der Waals surface area contributed by atoms with Crippen LogP contribution in [0, 0.1) is 6.92 Å². The molecule has 1 aliphatic rings. The lowest BCUT2D eigenvalue weighted by Crippen LogP contribution is -2.38. The van der Waals surface area contributed by atoms with Crippen LogP contribution in [0.4, 0.5) is 0 Å². The lowest BCUT2D eigenvalue weighted by molar-refractivity contribution is -0.132. The predicted octanol–water partition coefficient (Wildman–Crippen LogP) is 5.06. The van der Waals surface area contributed by atoms with Gasteiger partial charge in [0.25, 0.3) is 0 Å². The fourth-order valence-corrected chi connectivity index (χ4v) is 4.18. The maximum Gasteiger partial charge on any atom is 0.242 e. The number of aryl methyl sites for hydroxylation is 1. The molecule has 3 aromatic rings. The normalized spacial score (nSPS) is 14.5. The molecule has 5 nitrogen and oxygen atoms in total. The topological polar surface area (TPSA) is 47.4 Å². The second kappa shape index (κ2) is 8.90. The first kappa shape index (κ1) is 20.5. The largest absolute Gasteiger partial charge is 0.485 e. The minimum absolute atomic E-state index is 0.164. The van der Waals surface area contributed by atoms with Crippen molar-refractivity contribution in [1.82, 2.24) is 14.5 Å². The molecule has 1 fully saturated rings. The first-order valence-electron chi connectivity index (χ1n) is 11.0. The Morgan fingerprint density at radius 3 is 2.63 bits per heavy atom.